The number of carbonyl (C=O) groups excluding carboxylic acids is 1. The van der Waals surface area contributed by atoms with Crippen LogP contribution in [0.1, 0.15) is 24.9 Å². The Morgan fingerprint density at radius 1 is 1.55 bits per heavy atom. The molecule has 3 unspecified atom stereocenters. The number of primary amides is 1. The molecule has 1 aromatic rings. The van der Waals surface area contributed by atoms with Gasteiger partial charge in [0.05, 0.1) is 19.3 Å². The molecule has 20 heavy (non-hydrogen) atoms. The average molecular weight is 278 g/mol. The van der Waals surface area contributed by atoms with Gasteiger partial charge in [0.25, 0.3) is 0 Å². The first-order valence-corrected chi connectivity index (χ1v) is 6.93. The van der Waals surface area contributed by atoms with E-state index in [2.05, 4.69) is 9.88 Å². The third-order valence-electron chi connectivity index (χ3n) is 3.78. The lowest BCUT2D eigenvalue weighted by Crippen LogP contribution is -2.56. The number of morpholine rings is 1. The molecule has 0 spiro atoms. The van der Waals surface area contributed by atoms with E-state index in [1.54, 1.807) is 12.4 Å². The van der Waals surface area contributed by atoms with Gasteiger partial charge in [-0.2, -0.15) is 0 Å². The molecule has 0 aliphatic carbocycles. The zero-order chi connectivity index (χ0) is 14.5. The quantitative estimate of drug-likeness (QED) is 0.793. The number of rotatable bonds is 5. The van der Waals surface area contributed by atoms with Crippen molar-refractivity contribution in [3.63, 3.8) is 0 Å². The molecule has 6 nitrogen and oxygen atoms in total. The number of ether oxygens (including phenoxy) is 1. The van der Waals surface area contributed by atoms with Crippen LogP contribution in [0.3, 0.4) is 0 Å². The SMILES string of the molecule is CCC(N)C(c1ccncc1)N1CCOCC1C(N)=O. The average Bonchev–Trinajstić information content (AvgIpc) is 2.48. The van der Waals surface area contributed by atoms with Crippen LogP contribution < -0.4 is 11.5 Å². The third kappa shape index (κ3) is 3.15. The molecule has 4 N–H and O–H groups in total. The van der Waals surface area contributed by atoms with Crippen molar-refractivity contribution in [2.24, 2.45) is 11.5 Å². The van der Waals surface area contributed by atoms with E-state index >= 15 is 0 Å². The second-order valence-corrected chi connectivity index (χ2v) is 5.03. The van der Waals surface area contributed by atoms with E-state index in [0.29, 0.717) is 19.8 Å². The molecule has 1 aromatic heterocycles. The lowest BCUT2D eigenvalue weighted by atomic mass is 9.95. The largest absolute Gasteiger partial charge is 0.378 e. The van der Waals surface area contributed by atoms with Crippen molar-refractivity contribution < 1.29 is 9.53 Å². The Bertz CT molecular complexity index is 440. The maximum Gasteiger partial charge on any atom is 0.237 e. The van der Waals surface area contributed by atoms with Crippen molar-refractivity contribution in [2.45, 2.75) is 31.5 Å². The van der Waals surface area contributed by atoms with Gasteiger partial charge < -0.3 is 16.2 Å². The van der Waals surface area contributed by atoms with E-state index in [0.717, 1.165) is 12.0 Å². The van der Waals surface area contributed by atoms with E-state index < -0.39 is 6.04 Å². The van der Waals surface area contributed by atoms with Crippen LogP contribution in [-0.4, -0.2) is 47.6 Å². The molecule has 1 fully saturated rings. The minimum atomic E-state index is -0.431. The van der Waals surface area contributed by atoms with Gasteiger partial charge in [0.2, 0.25) is 5.91 Å². The molecule has 0 radical (unpaired) electrons. The lowest BCUT2D eigenvalue weighted by Gasteiger charge is -2.42. The van der Waals surface area contributed by atoms with Crippen LogP contribution in [0.25, 0.3) is 0 Å². The van der Waals surface area contributed by atoms with Gasteiger partial charge in [0.1, 0.15) is 6.04 Å². The summed E-state index contributed by atoms with van der Waals surface area (Å²) in [5.41, 5.74) is 12.8. The zero-order valence-corrected chi connectivity index (χ0v) is 11.7. The summed E-state index contributed by atoms with van der Waals surface area (Å²) in [6, 6.07) is 3.32. The molecule has 2 rings (SSSR count). The van der Waals surface area contributed by atoms with Gasteiger partial charge in [-0.3, -0.25) is 14.7 Å². The summed E-state index contributed by atoms with van der Waals surface area (Å²) in [5.74, 6) is -0.368. The molecule has 1 aliphatic heterocycles. The van der Waals surface area contributed by atoms with Crippen molar-refractivity contribution in [1.82, 2.24) is 9.88 Å². The number of carbonyl (C=O) groups is 1. The first-order valence-electron chi connectivity index (χ1n) is 6.93. The molecule has 0 saturated carbocycles. The smallest absolute Gasteiger partial charge is 0.237 e. The summed E-state index contributed by atoms with van der Waals surface area (Å²) in [4.78, 5) is 17.8. The predicted molar refractivity (Wildman–Crippen MR) is 75.8 cm³/mol. The van der Waals surface area contributed by atoms with Crippen molar-refractivity contribution in [3.8, 4) is 0 Å². The fourth-order valence-corrected chi connectivity index (χ4v) is 2.66. The molecule has 1 amide bonds. The Morgan fingerprint density at radius 2 is 2.25 bits per heavy atom. The molecular formula is C14H22N4O2. The summed E-state index contributed by atoms with van der Waals surface area (Å²) in [7, 11) is 0. The molecule has 110 valence electrons. The van der Waals surface area contributed by atoms with Crippen LogP contribution in [0.5, 0.6) is 0 Å². The summed E-state index contributed by atoms with van der Waals surface area (Å²) in [5, 5.41) is 0. The number of pyridine rings is 1. The van der Waals surface area contributed by atoms with Crippen molar-refractivity contribution in [3.05, 3.63) is 30.1 Å². The van der Waals surface area contributed by atoms with Crippen molar-refractivity contribution in [2.75, 3.05) is 19.8 Å². The Hall–Kier alpha value is -1.50. The van der Waals surface area contributed by atoms with Gasteiger partial charge in [-0.1, -0.05) is 6.92 Å². The van der Waals surface area contributed by atoms with Crippen LogP contribution in [0.4, 0.5) is 0 Å². The predicted octanol–water partition coefficient (Wildman–Crippen LogP) is 0.0461. The molecule has 0 aromatic carbocycles. The summed E-state index contributed by atoms with van der Waals surface area (Å²) < 4.78 is 5.38. The number of nitrogens with zero attached hydrogens (tertiary/aromatic N) is 2. The van der Waals surface area contributed by atoms with E-state index in [9.17, 15) is 4.79 Å². The lowest BCUT2D eigenvalue weighted by molar-refractivity contribution is -0.132. The Morgan fingerprint density at radius 3 is 2.85 bits per heavy atom. The standard InChI is InChI=1S/C14H22N4O2/c1-2-11(15)13(10-3-5-17-6-4-10)18-7-8-20-9-12(18)14(16)19/h3-6,11-13H,2,7-9,15H2,1H3,(H2,16,19). The van der Waals surface area contributed by atoms with Crippen LogP contribution in [0.15, 0.2) is 24.5 Å². The monoisotopic (exact) mass is 278 g/mol. The first-order chi connectivity index (χ1) is 9.65. The maximum absolute atomic E-state index is 11.7. The fourth-order valence-electron chi connectivity index (χ4n) is 2.66. The fraction of sp³-hybridized carbons (Fsp3) is 0.571. The van der Waals surface area contributed by atoms with Gasteiger partial charge >= 0.3 is 0 Å². The van der Waals surface area contributed by atoms with Crippen LogP contribution in [0.2, 0.25) is 0 Å². The van der Waals surface area contributed by atoms with Gasteiger partial charge in [-0.05, 0) is 24.1 Å². The number of aromatic nitrogens is 1. The molecule has 2 heterocycles. The summed E-state index contributed by atoms with van der Waals surface area (Å²) in [6.45, 7) is 3.60. The zero-order valence-electron chi connectivity index (χ0n) is 11.7. The van der Waals surface area contributed by atoms with Gasteiger partial charge in [0, 0.05) is 25.0 Å². The van der Waals surface area contributed by atoms with E-state index in [1.807, 2.05) is 19.1 Å². The van der Waals surface area contributed by atoms with E-state index in [4.69, 9.17) is 16.2 Å². The molecule has 1 saturated heterocycles. The minimum absolute atomic E-state index is 0.0515. The van der Waals surface area contributed by atoms with Crippen molar-refractivity contribution in [1.29, 1.82) is 0 Å². The Balaban J connectivity index is 2.32. The second kappa shape index (κ2) is 6.78. The van der Waals surface area contributed by atoms with Crippen LogP contribution >= 0.6 is 0 Å². The van der Waals surface area contributed by atoms with Crippen molar-refractivity contribution >= 4 is 5.91 Å². The Labute approximate surface area is 119 Å². The van der Waals surface area contributed by atoms with E-state index in [-0.39, 0.29) is 18.0 Å². The number of hydrogen-bond donors (Lipinski definition) is 2. The molecule has 1 aliphatic rings. The van der Waals surface area contributed by atoms with Gasteiger partial charge in [-0.15, -0.1) is 0 Å². The second-order valence-electron chi connectivity index (χ2n) is 5.03. The highest BCUT2D eigenvalue weighted by Gasteiger charge is 2.36. The Kier molecular flexibility index (Phi) is 5.05. The summed E-state index contributed by atoms with van der Waals surface area (Å²) >= 11 is 0. The minimum Gasteiger partial charge on any atom is -0.378 e. The highest BCUT2D eigenvalue weighted by atomic mass is 16.5. The topological polar surface area (TPSA) is 94.5 Å². The highest BCUT2D eigenvalue weighted by Crippen LogP contribution is 2.28. The molecule has 6 heteroatoms. The molecular weight excluding hydrogens is 256 g/mol. The third-order valence-corrected chi connectivity index (χ3v) is 3.78. The van der Waals surface area contributed by atoms with E-state index in [1.165, 1.54) is 0 Å². The summed E-state index contributed by atoms with van der Waals surface area (Å²) in [6.07, 6.45) is 4.30. The highest BCUT2D eigenvalue weighted by molar-refractivity contribution is 5.80. The number of nitrogens with two attached hydrogens (primary N) is 2. The molecule has 0 bridgehead atoms. The maximum atomic E-state index is 11.7. The molecule has 3 atom stereocenters. The van der Waals surface area contributed by atoms with Crippen LogP contribution in [-0.2, 0) is 9.53 Å². The first kappa shape index (κ1) is 14.9. The van der Waals surface area contributed by atoms with Gasteiger partial charge in [0.15, 0.2) is 0 Å². The normalized spacial score (nSPS) is 23.2. The number of hydrogen-bond acceptors (Lipinski definition) is 5. The van der Waals surface area contributed by atoms with Gasteiger partial charge in [-0.25, -0.2) is 0 Å². The number of amides is 1. The van der Waals surface area contributed by atoms with Crippen LogP contribution in [0, 0.1) is 0 Å².